The first kappa shape index (κ1) is 24.1. The largest absolute Gasteiger partial charge is 0.484 e. The second kappa shape index (κ2) is 10.6. The minimum Gasteiger partial charge on any atom is -0.484 e. The Balaban J connectivity index is 1.29. The SMILES string of the molecule is CNC(=O)COc1ccc(-c2nc3ncc(Cl)c(N[C@H]4CCN(Cc5ccc(C)cc5)C4)c3[nH]2)cc1. The number of anilines is 1. The normalized spacial score (nSPS) is 15.8. The zero-order chi connectivity index (χ0) is 25.1. The van der Waals surface area contributed by atoms with Gasteiger partial charge in [-0.1, -0.05) is 41.4 Å². The first-order valence-electron chi connectivity index (χ1n) is 12.0. The number of benzene rings is 2. The van der Waals surface area contributed by atoms with Gasteiger partial charge in [0.1, 0.15) is 17.1 Å². The number of hydrogen-bond acceptors (Lipinski definition) is 6. The molecule has 9 heteroatoms. The third-order valence-electron chi connectivity index (χ3n) is 6.40. The van der Waals surface area contributed by atoms with Crippen molar-refractivity contribution in [1.29, 1.82) is 0 Å². The summed E-state index contributed by atoms with van der Waals surface area (Å²) in [6, 6.07) is 16.4. The Hall–Kier alpha value is -3.62. The molecular weight excluding hydrogens is 476 g/mol. The summed E-state index contributed by atoms with van der Waals surface area (Å²) in [4.78, 5) is 26.3. The maximum atomic E-state index is 11.4. The van der Waals surface area contributed by atoms with Crippen LogP contribution in [0.15, 0.2) is 54.7 Å². The number of aryl methyl sites for hydroxylation is 1. The number of aromatic nitrogens is 3. The number of amides is 1. The monoisotopic (exact) mass is 504 g/mol. The number of ether oxygens (including phenoxy) is 1. The molecule has 0 radical (unpaired) electrons. The number of fused-ring (bicyclic) bond motifs is 1. The molecule has 0 aliphatic carbocycles. The molecule has 186 valence electrons. The number of nitrogens with zero attached hydrogens (tertiary/aromatic N) is 3. The van der Waals surface area contributed by atoms with Crippen molar-refractivity contribution in [3.63, 3.8) is 0 Å². The minimum atomic E-state index is -0.181. The van der Waals surface area contributed by atoms with Gasteiger partial charge in [0, 0.05) is 38.3 Å². The van der Waals surface area contributed by atoms with Crippen LogP contribution in [0.25, 0.3) is 22.6 Å². The average Bonchev–Trinajstić information content (AvgIpc) is 3.53. The van der Waals surface area contributed by atoms with Crippen LogP contribution in [-0.4, -0.2) is 58.5 Å². The highest BCUT2D eigenvalue weighted by molar-refractivity contribution is 6.34. The maximum absolute atomic E-state index is 11.4. The topological polar surface area (TPSA) is 95.2 Å². The van der Waals surface area contributed by atoms with Crippen LogP contribution in [0.1, 0.15) is 17.5 Å². The van der Waals surface area contributed by atoms with Crippen LogP contribution in [0, 0.1) is 6.92 Å². The van der Waals surface area contributed by atoms with Crippen LogP contribution >= 0.6 is 11.6 Å². The van der Waals surface area contributed by atoms with Gasteiger partial charge in [-0.25, -0.2) is 9.97 Å². The smallest absolute Gasteiger partial charge is 0.257 e. The first-order valence-corrected chi connectivity index (χ1v) is 12.4. The van der Waals surface area contributed by atoms with Crippen LogP contribution in [-0.2, 0) is 11.3 Å². The molecule has 2 aromatic heterocycles. The van der Waals surface area contributed by atoms with Crippen LogP contribution in [0.4, 0.5) is 5.69 Å². The van der Waals surface area contributed by atoms with Crippen molar-refractivity contribution < 1.29 is 9.53 Å². The van der Waals surface area contributed by atoms with Gasteiger partial charge in [0.2, 0.25) is 0 Å². The van der Waals surface area contributed by atoms with Crippen molar-refractivity contribution in [2.45, 2.75) is 25.9 Å². The zero-order valence-corrected chi connectivity index (χ0v) is 21.1. The highest BCUT2D eigenvalue weighted by Crippen LogP contribution is 2.32. The Morgan fingerprint density at radius 1 is 1.19 bits per heavy atom. The van der Waals surface area contributed by atoms with Gasteiger partial charge in [0.05, 0.1) is 16.9 Å². The van der Waals surface area contributed by atoms with Crippen molar-refractivity contribution in [2.75, 3.05) is 32.1 Å². The molecule has 0 spiro atoms. The molecule has 1 aliphatic heterocycles. The summed E-state index contributed by atoms with van der Waals surface area (Å²) in [5.41, 5.74) is 5.70. The molecule has 0 bridgehead atoms. The number of carbonyl (C=O) groups excluding carboxylic acids is 1. The molecule has 1 atom stereocenters. The molecule has 4 aromatic rings. The third-order valence-corrected chi connectivity index (χ3v) is 6.68. The molecule has 1 amide bonds. The summed E-state index contributed by atoms with van der Waals surface area (Å²) >= 11 is 6.58. The summed E-state index contributed by atoms with van der Waals surface area (Å²) in [5, 5.41) is 6.74. The number of halogens is 1. The standard InChI is InChI=1S/C27H29ClN6O2/c1-17-3-5-18(6-4-17)14-34-12-11-20(15-34)31-24-22(28)13-30-27-25(24)32-26(33-27)19-7-9-21(10-8-19)36-16-23(35)29-2/h3-10,13,20H,11-12,14-16H2,1-2H3,(H,29,35)(H2,30,31,32,33)/t20-/m0/s1. The highest BCUT2D eigenvalue weighted by Gasteiger charge is 2.24. The lowest BCUT2D eigenvalue weighted by molar-refractivity contribution is -0.122. The molecule has 1 aliphatic rings. The van der Waals surface area contributed by atoms with E-state index in [1.165, 1.54) is 11.1 Å². The fourth-order valence-electron chi connectivity index (χ4n) is 4.39. The minimum absolute atomic E-state index is 0.0262. The zero-order valence-electron chi connectivity index (χ0n) is 20.3. The van der Waals surface area contributed by atoms with Gasteiger partial charge in [0.25, 0.3) is 5.91 Å². The van der Waals surface area contributed by atoms with Crippen LogP contribution in [0.3, 0.4) is 0 Å². The van der Waals surface area contributed by atoms with E-state index in [1.54, 1.807) is 13.2 Å². The van der Waals surface area contributed by atoms with Gasteiger partial charge < -0.3 is 20.4 Å². The quantitative estimate of drug-likeness (QED) is 0.329. The molecule has 3 N–H and O–H groups in total. The second-order valence-corrected chi connectivity index (χ2v) is 9.51. The van der Waals surface area contributed by atoms with Crippen molar-refractivity contribution in [1.82, 2.24) is 25.2 Å². The van der Waals surface area contributed by atoms with Gasteiger partial charge in [-0.2, -0.15) is 0 Å². The molecule has 0 saturated carbocycles. The summed E-state index contributed by atoms with van der Waals surface area (Å²) in [6.07, 6.45) is 2.68. The Bertz CT molecular complexity index is 1350. The molecule has 5 rings (SSSR count). The van der Waals surface area contributed by atoms with E-state index >= 15 is 0 Å². The lowest BCUT2D eigenvalue weighted by Crippen LogP contribution is -2.26. The Kier molecular flexibility index (Phi) is 7.06. The number of likely N-dealkylation sites (N-methyl/N-ethyl adjacent to an activating group) is 1. The van der Waals surface area contributed by atoms with E-state index < -0.39 is 0 Å². The summed E-state index contributed by atoms with van der Waals surface area (Å²) < 4.78 is 5.48. The van der Waals surface area contributed by atoms with Crippen LogP contribution < -0.4 is 15.4 Å². The molecule has 1 saturated heterocycles. The molecule has 36 heavy (non-hydrogen) atoms. The number of carbonyl (C=O) groups is 1. The number of rotatable bonds is 8. The van der Waals surface area contributed by atoms with Crippen LogP contribution in [0.5, 0.6) is 5.75 Å². The van der Waals surface area contributed by atoms with Crippen molar-refractivity contribution in [3.05, 3.63) is 70.9 Å². The lowest BCUT2D eigenvalue weighted by atomic mass is 10.1. The van der Waals surface area contributed by atoms with Gasteiger partial charge in [0.15, 0.2) is 12.3 Å². The predicted octanol–water partition coefficient (Wildman–Crippen LogP) is 4.40. The number of hydrogen-bond donors (Lipinski definition) is 3. The molecule has 8 nitrogen and oxygen atoms in total. The third kappa shape index (κ3) is 5.45. The number of pyridine rings is 1. The molecule has 2 aromatic carbocycles. The van der Waals surface area contributed by atoms with Crippen molar-refractivity contribution in [2.24, 2.45) is 0 Å². The van der Waals surface area contributed by atoms with Crippen LogP contribution in [0.2, 0.25) is 5.02 Å². The maximum Gasteiger partial charge on any atom is 0.257 e. The number of nitrogens with one attached hydrogen (secondary N) is 3. The highest BCUT2D eigenvalue weighted by atomic mass is 35.5. The lowest BCUT2D eigenvalue weighted by Gasteiger charge is -2.18. The van der Waals surface area contributed by atoms with E-state index in [0.717, 1.165) is 42.8 Å². The molecule has 0 unspecified atom stereocenters. The Labute approximate surface area is 215 Å². The fourth-order valence-corrected chi connectivity index (χ4v) is 4.59. The molecular formula is C27H29ClN6O2. The Morgan fingerprint density at radius 3 is 2.72 bits per heavy atom. The first-order chi connectivity index (χ1) is 17.5. The van der Waals surface area contributed by atoms with Crippen molar-refractivity contribution in [3.8, 4) is 17.1 Å². The van der Waals surface area contributed by atoms with Gasteiger partial charge in [-0.3, -0.25) is 9.69 Å². The van der Waals surface area contributed by atoms with Gasteiger partial charge >= 0.3 is 0 Å². The number of imidazole rings is 1. The van der Waals surface area contributed by atoms with Gasteiger partial charge in [-0.15, -0.1) is 0 Å². The number of aromatic amines is 1. The summed E-state index contributed by atoms with van der Waals surface area (Å²) in [7, 11) is 1.58. The second-order valence-electron chi connectivity index (χ2n) is 9.10. The van der Waals surface area contributed by atoms with E-state index in [9.17, 15) is 4.79 Å². The Morgan fingerprint density at radius 2 is 1.97 bits per heavy atom. The van der Waals surface area contributed by atoms with E-state index in [2.05, 4.69) is 61.7 Å². The van der Waals surface area contributed by atoms with Gasteiger partial charge in [-0.05, 0) is 43.2 Å². The summed E-state index contributed by atoms with van der Waals surface area (Å²) in [6.45, 7) is 4.99. The predicted molar refractivity (Wildman–Crippen MR) is 142 cm³/mol. The number of likely N-dealkylation sites (tertiary alicyclic amines) is 1. The average molecular weight is 505 g/mol. The van der Waals surface area contributed by atoms with E-state index in [1.807, 2.05) is 24.3 Å². The van der Waals surface area contributed by atoms with E-state index in [4.69, 9.17) is 16.3 Å². The fraction of sp³-hybridized carbons (Fsp3) is 0.296. The summed E-state index contributed by atoms with van der Waals surface area (Å²) in [5.74, 6) is 1.12. The van der Waals surface area contributed by atoms with E-state index in [-0.39, 0.29) is 18.6 Å². The van der Waals surface area contributed by atoms with E-state index in [0.29, 0.717) is 22.2 Å². The molecule has 3 heterocycles. The molecule has 1 fully saturated rings. The number of H-pyrrole nitrogens is 1. The van der Waals surface area contributed by atoms with Crippen molar-refractivity contribution >= 4 is 34.4 Å².